The van der Waals surface area contributed by atoms with E-state index in [4.69, 9.17) is 0 Å². The van der Waals surface area contributed by atoms with Crippen LogP contribution in [0.15, 0.2) is 24.3 Å². The van der Waals surface area contributed by atoms with E-state index >= 15 is 0 Å². The molecule has 2 amide bonds. The molecule has 2 fully saturated rings. The standard InChI is InChI=1S/C22H34N4O2/c1-3-17-8-10-19(11-9-17)25-21(27)16(2)26-13-5-6-18(15-26)14-24-22(28)20-7-4-12-23-20/h8-11,16,18,20,23H,3-7,12-15H2,1-2H3,(H,24,28)(H,25,27). The molecule has 1 aromatic rings. The number of nitrogens with one attached hydrogen (secondary N) is 3. The average molecular weight is 387 g/mol. The van der Waals surface area contributed by atoms with Crippen LogP contribution in [0.4, 0.5) is 5.69 Å². The van der Waals surface area contributed by atoms with Crippen LogP contribution in [0, 0.1) is 5.92 Å². The third-order valence-electron chi connectivity index (χ3n) is 6.05. The van der Waals surface area contributed by atoms with Crippen LogP contribution >= 0.6 is 0 Å². The van der Waals surface area contributed by atoms with Gasteiger partial charge in [0.05, 0.1) is 12.1 Å². The van der Waals surface area contributed by atoms with E-state index in [9.17, 15) is 9.59 Å². The quantitative estimate of drug-likeness (QED) is 0.671. The Morgan fingerprint density at radius 3 is 2.68 bits per heavy atom. The van der Waals surface area contributed by atoms with Crippen LogP contribution < -0.4 is 16.0 Å². The largest absolute Gasteiger partial charge is 0.354 e. The SMILES string of the molecule is CCc1ccc(NC(=O)C(C)N2CCCC(CNC(=O)C3CCCN3)C2)cc1. The van der Waals surface area contributed by atoms with Crippen LogP contribution in [0.25, 0.3) is 0 Å². The van der Waals surface area contributed by atoms with Crippen molar-refractivity contribution in [2.45, 2.75) is 58.0 Å². The molecule has 0 saturated carbocycles. The number of aryl methyl sites for hydroxylation is 1. The van der Waals surface area contributed by atoms with Gasteiger partial charge in [-0.1, -0.05) is 19.1 Å². The molecular weight excluding hydrogens is 352 g/mol. The van der Waals surface area contributed by atoms with Gasteiger partial charge in [-0.15, -0.1) is 0 Å². The highest BCUT2D eigenvalue weighted by molar-refractivity contribution is 5.94. The Hall–Kier alpha value is -1.92. The lowest BCUT2D eigenvalue weighted by atomic mass is 9.96. The van der Waals surface area contributed by atoms with E-state index in [-0.39, 0.29) is 23.9 Å². The molecule has 3 N–H and O–H groups in total. The highest BCUT2D eigenvalue weighted by Crippen LogP contribution is 2.19. The van der Waals surface area contributed by atoms with E-state index in [0.717, 1.165) is 57.4 Å². The van der Waals surface area contributed by atoms with Crippen molar-refractivity contribution in [3.8, 4) is 0 Å². The summed E-state index contributed by atoms with van der Waals surface area (Å²) in [6.45, 7) is 7.50. The maximum atomic E-state index is 12.7. The summed E-state index contributed by atoms with van der Waals surface area (Å²) < 4.78 is 0. The molecule has 3 unspecified atom stereocenters. The zero-order valence-corrected chi connectivity index (χ0v) is 17.2. The second-order valence-electron chi connectivity index (χ2n) is 8.11. The number of benzene rings is 1. The minimum atomic E-state index is -0.180. The fourth-order valence-electron chi connectivity index (χ4n) is 4.13. The van der Waals surface area contributed by atoms with Crippen molar-refractivity contribution >= 4 is 17.5 Å². The fraction of sp³-hybridized carbons (Fsp3) is 0.636. The van der Waals surface area contributed by atoms with E-state index in [2.05, 4.69) is 39.9 Å². The molecule has 2 aliphatic heterocycles. The number of anilines is 1. The summed E-state index contributed by atoms with van der Waals surface area (Å²) in [6, 6.07) is 7.84. The van der Waals surface area contributed by atoms with E-state index in [1.165, 1.54) is 5.56 Å². The van der Waals surface area contributed by atoms with E-state index in [1.54, 1.807) is 0 Å². The smallest absolute Gasteiger partial charge is 0.241 e. The first-order valence-corrected chi connectivity index (χ1v) is 10.7. The summed E-state index contributed by atoms with van der Waals surface area (Å²) in [4.78, 5) is 27.1. The third kappa shape index (κ3) is 5.55. The summed E-state index contributed by atoms with van der Waals surface area (Å²) in [5, 5.41) is 9.38. The van der Waals surface area contributed by atoms with Crippen LogP contribution in [0.1, 0.15) is 45.1 Å². The molecule has 2 aliphatic rings. The summed E-state index contributed by atoms with van der Waals surface area (Å²) in [5.41, 5.74) is 2.11. The third-order valence-corrected chi connectivity index (χ3v) is 6.05. The zero-order valence-electron chi connectivity index (χ0n) is 17.2. The first-order chi connectivity index (χ1) is 13.6. The zero-order chi connectivity index (χ0) is 19.9. The van der Waals surface area contributed by atoms with Gasteiger partial charge >= 0.3 is 0 Å². The van der Waals surface area contributed by atoms with Crippen molar-refractivity contribution in [2.24, 2.45) is 5.92 Å². The van der Waals surface area contributed by atoms with Gasteiger partial charge in [0.1, 0.15) is 0 Å². The second-order valence-corrected chi connectivity index (χ2v) is 8.11. The summed E-state index contributed by atoms with van der Waals surface area (Å²) in [5.74, 6) is 0.554. The van der Waals surface area contributed by atoms with Crippen molar-refractivity contribution in [3.05, 3.63) is 29.8 Å². The highest BCUT2D eigenvalue weighted by atomic mass is 16.2. The number of piperidine rings is 1. The Balaban J connectivity index is 1.46. The summed E-state index contributed by atoms with van der Waals surface area (Å²) in [7, 11) is 0. The van der Waals surface area contributed by atoms with E-state index < -0.39 is 0 Å². The average Bonchev–Trinajstić information content (AvgIpc) is 3.27. The van der Waals surface area contributed by atoms with Crippen molar-refractivity contribution in [1.82, 2.24) is 15.5 Å². The molecule has 6 nitrogen and oxygen atoms in total. The molecular formula is C22H34N4O2. The number of rotatable bonds is 7. The van der Waals surface area contributed by atoms with Crippen LogP contribution in [-0.4, -0.2) is 55.0 Å². The Morgan fingerprint density at radius 2 is 2.00 bits per heavy atom. The molecule has 154 valence electrons. The topological polar surface area (TPSA) is 73.5 Å². The molecule has 0 aromatic heterocycles. The van der Waals surface area contributed by atoms with Gasteiger partial charge in [0.15, 0.2) is 0 Å². The fourth-order valence-corrected chi connectivity index (χ4v) is 4.13. The van der Waals surface area contributed by atoms with Gasteiger partial charge < -0.3 is 16.0 Å². The second kappa shape index (κ2) is 10.0. The summed E-state index contributed by atoms with van der Waals surface area (Å²) in [6.07, 6.45) is 5.15. The lowest BCUT2D eigenvalue weighted by molar-refractivity contribution is -0.124. The Kier molecular flexibility index (Phi) is 7.45. The monoisotopic (exact) mass is 386 g/mol. The molecule has 3 rings (SSSR count). The Bertz CT molecular complexity index is 655. The lowest BCUT2D eigenvalue weighted by Crippen LogP contribution is -2.50. The Morgan fingerprint density at radius 1 is 1.21 bits per heavy atom. The number of nitrogens with zero attached hydrogens (tertiary/aromatic N) is 1. The number of hydrogen-bond acceptors (Lipinski definition) is 4. The van der Waals surface area contributed by atoms with Crippen molar-refractivity contribution < 1.29 is 9.59 Å². The Labute approximate surface area is 168 Å². The first kappa shape index (κ1) is 20.8. The molecule has 6 heteroatoms. The van der Waals surface area contributed by atoms with E-state index in [1.807, 2.05) is 19.1 Å². The lowest BCUT2D eigenvalue weighted by Gasteiger charge is -2.36. The van der Waals surface area contributed by atoms with Crippen molar-refractivity contribution in [1.29, 1.82) is 0 Å². The normalized spacial score (nSPS) is 23.9. The predicted molar refractivity (Wildman–Crippen MR) is 112 cm³/mol. The molecule has 2 saturated heterocycles. The van der Waals surface area contributed by atoms with Crippen LogP contribution in [0.2, 0.25) is 0 Å². The molecule has 0 radical (unpaired) electrons. The van der Waals surface area contributed by atoms with Crippen LogP contribution in [0.5, 0.6) is 0 Å². The number of carbonyl (C=O) groups is 2. The number of amides is 2. The number of carbonyl (C=O) groups excluding carboxylic acids is 2. The number of likely N-dealkylation sites (tertiary alicyclic amines) is 1. The molecule has 0 spiro atoms. The highest BCUT2D eigenvalue weighted by Gasteiger charge is 2.28. The van der Waals surface area contributed by atoms with Crippen LogP contribution in [0.3, 0.4) is 0 Å². The maximum absolute atomic E-state index is 12.7. The molecule has 0 aliphatic carbocycles. The summed E-state index contributed by atoms with van der Waals surface area (Å²) >= 11 is 0. The van der Waals surface area contributed by atoms with Gasteiger partial charge in [0, 0.05) is 18.8 Å². The number of hydrogen-bond donors (Lipinski definition) is 3. The maximum Gasteiger partial charge on any atom is 0.241 e. The molecule has 0 bridgehead atoms. The molecule has 1 aromatic carbocycles. The predicted octanol–water partition coefficient (Wildman–Crippen LogP) is 2.16. The molecule has 3 atom stereocenters. The van der Waals surface area contributed by atoms with Gasteiger partial charge in [-0.05, 0) is 75.7 Å². The first-order valence-electron chi connectivity index (χ1n) is 10.7. The van der Waals surface area contributed by atoms with Gasteiger partial charge in [-0.2, -0.15) is 0 Å². The van der Waals surface area contributed by atoms with Gasteiger partial charge in [-0.25, -0.2) is 0 Å². The van der Waals surface area contributed by atoms with Gasteiger partial charge in [0.2, 0.25) is 11.8 Å². The van der Waals surface area contributed by atoms with Crippen molar-refractivity contribution in [3.63, 3.8) is 0 Å². The molecule has 28 heavy (non-hydrogen) atoms. The van der Waals surface area contributed by atoms with Crippen molar-refractivity contribution in [2.75, 3.05) is 31.5 Å². The molecule has 2 heterocycles. The van der Waals surface area contributed by atoms with Gasteiger partial charge in [0.25, 0.3) is 0 Å². The minimum absolute atomic E-state index is 0.0245. The van der Waals surface area contributed by atoms with Gasteiger partial charge in [-0.3, -0.25) is 14.5 Å². The van der Waals surface area contributed by atoms with Crippen LogP contribution in [-0.2, 0) is 16.0 Å². The minimum Gasteiger partial charge on any atom is -0.354 e. The van der Waals surface area contributed by atoms with E-state index in [0.29, 0.717) is 12.5 Å².